The minimum atomic E-state index is -4.64. The molecule has 7 nitrogen and oxygen atoms in total. The number of imidazole rings is 1. The van der Waals surface area contributed by atoms with Crippen LogP contribution in [0.1, 0.15) is 29.8 Å². The van der Waals surface area contributed by atoms with Crippen molar-refractivity contribution < 1.29 is 31.1 Å². The lowest BCUT2D eigenvalue weighted by Crippen LogP contribution is -2.38. The second kappa shape index (κ2) is 10.8. The van der Waals surface area contributed by atoms with E-state index in [-0.39, 0.29) is 28.9 Å². The second-order valence-electron chi connectivity index (χ2n) is 10.1. The normalized spacial score (nSPS) is 20.0. The first-order chi connectivity index (χ1) is 20.5. The van der Waals surface area contributed by atoms with Gasteiger partial charge in [-0.1, -0.05) is 30.4 Å². The Balaban J connectivity index is 1.21. The summed E-state index contributed by atoms with van der Waals surface area (Å²) in [6, 6.07) is 7.32. The maximum Gasteiger partial charge on any atom is 0.433 e. The smallest absolute Gasteiger partial charge is 0.433 e. The standard InChI is InChI=1S/C30H24F6N6O/c1-42-24-11-10-20(15-22(24)39-28(42)38-19-9-5-8-18(14-19)29(31,32)33)43-21-12-13-37-23(16-21)27-40-25(17-6-3-2-4-7-17)26(41-27)30(34,35)36/h3,5-16,22,24H,2,4H2,1H3,(H,38,39)(H,40,41). The van der Waals surface area contributed by atoms with E-state index in [1.54, 1.807) is 37.4 Å². The quantitative estimate of drug-likeness (QED) is 0.303. The first kappa shape index (κ1) is 28.3. The van der Waals surface area contributed by atoms with Crippen molar-refractivity contribution in [3.05, 3.63) is 102 Å². The molecule has 0 fully saturated rings. The average molecular weight is 599 g/mol. The van der Waals surface area contributed by atoms with Crippen molar-refractivity contribution in [2.45, 2.75) is 37.3 Å². The minimum absolute atomic E-state index is 0.0480. The molecule has 2 aliphatic carbocycles. The maximum atomic E-state index is 13.8. The molecule has 3 heterocycles. The molecule has 2 atom stereocenters. The van der Waals surface area contributed by atoms with Gasteiger partial charge in [0.05, 0.1) is 17.6 Å². The highest BCUT2D eigenvalue weighted by molar-refractivity contribution is 5.95. The number of alkyl halides is 6. The summed E-state index contributed by atoms with van der Waals surface area (Å²) in [4.78, 5) is 17.2. The van der Waals surface area contributed by atoms with Gasteiger partial charge in [0.25, 0.3) is 0 Å². The largest absolute Gasteiger partial charge is 0.458 e. The number of guanidine groups is 1. The molecular weight excluding hydrogens is 574 g/mol. The SMILES string of the molecule is CN1C(Nc2cccc(C(F)(F)F)c2)=NC2C=C(Oc3ccnc(-c4nc(C5=CCCC=C5)c(C(F)(F)F)[nH]4)c3)C=CC21. The lowest BCUT2D eigenvalue weighted by Gasteiger charge is -2.25. The molecule has 0 saturated heterocycles. The molecule has 2 unspecified atom stereocenters. The Morgan fingerprint density at radius 3 is 2.60 bits per heavy atom. The number of halogens is 6. The predicted molar refractivity (Wildman–Crippen MR) is 149 cm³/mol. The van der Waals surface area contributed by atoms with Crippen LogP contribution < -0.4 is 10.1 Å². The molecule has 0 saturated carbocycles. The van der Waals surface area contributed by atoms with Gasteiger partial charge in [0.2, 0.25) is 0 Å². The fourth-order valence-corrected chi connectivity index (χ4v) is 5.00. The Morgan fingerprint density at radius 1 is 1.02 bits per heavy atom. The molecule has 3 aromatic rings. The number of nitrogens with one attached hydrogen (secondary N) is 2. The highest BCUT2D eigenvalue weighted by Gasteiger charge is 2.38. The fourth-order valence-electron chi connectivity index (χ4n) is 5.00. The number of aromatic amines is 1. The lowest BCUT2D eigenvalue weighted by molar-refractivity contribution is -0.141. The Kier molecular flexibility index (Phi) is 7.10. The van der Waals surface area contributed by atoms with Crippen molar-refractivity contribution in [3.63, 3.8) is 0 Å². The summed E-state index contributed by atoms with van der Waals surface area (Å²) in [6.07, 6.45) is 4.19. The van der Waals surface area contributed by atoms with Crippen molar-refractivity contribution in [2.75, 3.05) is 12.4 Å². The number of likely N-dealkylation sites (N-methyl/N-ethyl adjacent to an activating group) is 1. The first-order valence-corrected chi connectivity index (χ1v) is 13.3. The van der Waals surface area contributed by atoms with Crippen LogP contribution >= 0.6 is 0 Å². The Hall–Kier alpha value is -4.81. The molecule has 1 aliphatic heterocycles. The van der Waals surface area contributed by atoms with Gasteiger partial charge in [-0.25, -0.2) is 9.98 Å². The van der Waals surface area contributed by atoms with Crippen LogP contribution in [0.3, 0.4) is 0 Å². The van der Waals surface area contributed by atoms with Crippen molar-refractivity contribution in [1.29, 1.82) is 0 Å². The molecule has 2 aromatic heterocycles. The van der Waals surface area contributed by atoms with E-state index in [1.165, 1.54) is 24.4 Å². The van der Waals surface area contributed by atoms with Crippen LogP contribution in [0.5, 0.6) is 5.75 Å². The fraction of sp³-hybridized carbons (Fsp3) is 0.233. The highest BCUT2D eigenvalue weighted by Crippen LogP contribution is 2.37. The summed E-state index contributed by atoms with van der Waals surface area (Å²) < 4.78 is 86.9. The zero-order valence-electron chi connectivity index (χ0n) is 22.5. The van der Waals surface area contributed by atoms with Crippen LogP contribution in [-0.4, -0.2) is 44.9 Å². The molecular formula is C30H24F6N6O. The monoisotopic (exact) mass is 598 g/mol. The number of aliphatic imine (C=N–C) groups is 1. The van der Waals surface area contributed by atoms with Gasteiger partial charge in [0.15, 0.2) is 11.8 Å². The average Bonchev–Trinajstić information content (AvgIpc) is 3.56. The molecule has 3 aliphatic rings. The molecule has 2 N–H and O–H groups in total. The number of rotatable bonds is 5. The van der Waals surface area contributed by atoms with Gasteiger partial charge < -0.3 is 19.9 Å². The van der Waals surface area contributed by atoms with Crippen LogP contribution in [-0.2, 0) is 12.4 Å². The topological polar surface area (TPSA) is 78.4 Å². The van der Waals surface area contributed by atoms with E-state index >= 15 is 0 Å². The maximum absolute atomic E-state index is 13.8. The van der Waals surface area contributed by atoms with Crippen LogP contribution in [0, 0.1) is 0 Å². The van der Waals surface area contributed by atoms with Gasteiger partial charge in [0, 0.05) is 25.0 Å². The predicted octanol–water partition coefficient (Wildman–Crippen LogP) is 7.23. The number of pyridine rings is 1. The molecule has 1 aromatic carbocycles. The summed E-state index contributed by atoms with van der Waals surface area (Å²) in [6.45, 7) is 0. The Morgan fingerprint density at radius 2 is 1.86 bits per heavy atom. The van der Waals surface area contributed by atoms with E-state index in [1.807, 2.05) is 17.1 Å². The molecule has 222 valence electrons. The van der Waals surface area contributed by atoms with E-state index in [4.69, 9.17) is 4.74 Å². The number of fused-ring (bicyclic) bond motifs is 1. The molecule has 0 amide bonds. The minimum Gasteiger partial charge on any atom is -0.458 e. The van der Waals surface area contributed by atoms with Crippen molar-refractivity contribution >= 4 is 17.2 Å². The number of hydrogen-bond donors (Lipinski definition) is 2. The number of allylic oxidation sites excluding steroid dienone is 5. The molecule has 43 heavy (non-hydrogen) atoms. The Labute approximate surface area is 242 Å². The summed E-state index contributed by atoms with van der Waals surface area (Å²) in [7, 11) is 1.77. The third-order valence-corrected chi connectivity index (χ3v) is 7.11. The van der Waals surface area contributed by atoms with Gasteiger partial charge in [-0.05, 0) is 54.8 Å². The van der Waals surface area contributed by atoms with E-state index in [2.05, 4.69) is 25.3 Å². The van der Waals surface area contributed by atoms with Crippen molar-refractivity contribution in [1.82, 2.24) is 19.9 Å². The van der Waals surface area contributed by atoms with Gasteiger partial charge >= 0.3 is 12.4 Å². The molecule has 0 spiro atoms. The zero-order valence-corrected chi connectivity index (χ0v) is 22.5. The number of H-pyrrole nitrogens is 1. The van der Waals surface area contributed by atoms with E-state index in [9.17, 15) is 26.3 Å². The summed E-state index contributed by atoms with van der Waals surface area (Å²) in [5, 5.41) is 2.96. The highest BCUT2D eigenvalue weighted by atomic mass is 19.4. The summed E-state index contributed by atoms with van der Waals surface area (Å²) in [5.41, 5.74) is -1.10. The molecule has 6 rings (SSSR count). The summed E-state index contributed by atoms with van der Waals surface area (Å²) >= 11 is 0. The van der Waals surface area contributed by atoms with Crippen LogP contribution in [0.15, 0.2) is 89.8 Å². The third kappa shape index (κ3) is 5.92. The number of hydrogen-bond acceptors (Lipinski definition) is 6. The van der Waals surface area contributed by atoms with E-state index < -0.39 is 29.7 Å². The van der Waals surface area contributed by atoms with Crippen molar-refractivity contribution in [2.24, 2.45) is 4.99 Å². The first-order valence-electron chi connectivity index (χ1n) is 13.3. The second-order valence-corrected chi connectivity index (χ2v) is 10.1. The molecule has 0 bridgehead atoms. The number of ether oxygens (including phenoxy) is 1. The van der Waals surface area contributed by atoms with Gasteiger partial charge in [0.1, 0.15) is 28.6 Å². The van der Waals surface area contributed by atoms with Crippen LogP contribution in [0.25, 0.3) is 17.1 Å². The Bertz CT molecular complexity index is 1700. The molecule has 0 radical (unpaired) electrons. The van der Waals surface area contributed by atoms with Crippen LogP contribution in [0.2, 0.25) is 0 Å². The zero-order chi connectivity index (χ0) is 30.4. The number of nitrogens with zero attached hydrogens (tertiary/aromatic N) is 4. The lowest BCUT2D eigenvalue weighted by atomic mass is 10.0. The number of aromatic nitrogens is 3. The molecule has 13 heteroatoms. The van der Waals surface area contributed by atoms with Gasteiger partial charge in [-0.15, -0.1) is 0 Å². The number of benzene rings is 1. The number of anilines is 1. The summed E-state index contributed by atoms with van der Waals surface area (Å²) in [5.74, 6) is 1.10. The van der Waals surface area contributed by atoms with Gasteiger partial charge in [-0.2, -0.15) is 26.3 Å². The van der Waals surface area contributed by atoms with E-state index in [0.717, 1.165) is 18.6 Å². The van der Waals surface area contributed by atoms with Crippen molar-refractivity contribution in [3.8, 4) is 17.3 Å². The van der Waals surface area contributed by atoms with E-state index in [0.29, 0.717) is 29.5 Å². The van der Waals surface area contributed by atoms with Crippen LogP contribution in [0.4, 0.5) is 32.0 Å². The van der Waals surface area contributed by atoms with Gasteiger partial charge in [-0.3, -0.25) is 4.98 Å². The third-order valence-electron chi connectivity index (χ3n) is 7.11.